The number of aliphatic hydroxyl groups is 1. The van der Waals surface area contributed by atoms with E-state index in [-0.39, 0.29) is 30.3 Å². The van der Waals surface area contributed by atoms with Crippen molar-refractivity contribution in [2.45, 2.75) is 63.8 Å². The third-order valence-corrected chi connectivity index (χ3v) is 5.81. The van der Waals surface area contributed by atoms with E-state index < -0.39 is 5.54 Å². The van der Waals surface area contributed by atoms with Gasteiger partial charge in [-0.1, -0.05) is 19.8 Å². The molecule has 0 aromatic carbocycles. The average molecular weight is 279 g/mol. The van der Waals surface area contributed by atoms with Crippen LogP contribution in [-0.2, 0) is 9.59 Å². The monoisotopic (exact) mass is 279 g/mol. The van der Waals surface area contributed by atoms with Crippen molar-refractivity contribution in [1.82, 2.24) is 4.90 Å². The molecule has 112 valence electrons. The van der Waals surface area contributed by atoms with Gasteiger partial charge in [-0.2, -0.15) is 0 Å². The number of carbonyl (C=O) groups excluding carboxylic acids is 2. The number of likely N-dealkylation sites (tertiary alicyclic amines) is 1. The molecule has 0 spiro atoms. The molecule has 2 unspecified atom stereocenters. The molecule has 2 amide bonds. The number of aliphatic hydroxyl groups excluding tert-OH is 1. The molecule has 0 radical (unpaired) electrons. The molecule has 0 aromatic heterocycles. The van der Waals surface area contributed by atoms with Crippen molar-refractivity contribution < 1.29 is 14.7 Å². The van der Waals surface area contributed by atoms with Crippen LogP contribution in [-0.4, -0.2) is 34.0 Å². The lowest BCUT2D eigenvalue weighted by atomic mass is 9.76. The van der Waals surface area contributed by atoms with Gasteiger partial charge in [-0.25, -0.2) is 0 Å². The number of fused-ring (bicyclic) bond motifs is 1. The van der Waals surface area contributed by atoms with Gasteiger partial charge in [0.2, 0.25) is 11.8 Å². The first-order valence-corrected chi connectivity index (χ1v) is 8.08. The predicted molar refractivity (Wildman–Crippen MR) is 74.7 cm³/mol. The molecular weight excluding hydrogens is 254 g/mol. The Hall–Kier alpha value is -0.900. The largest absolute Gasteiger partial charge is 0.394 e. The smallest absolute Gasteiger partial charge is 0.233 e. The number of nitrogens with zero attached hydrogens (tertiary/aromatic N) is 1. The first-order chi connectivity index (χ1) is 9.59. The molecule has 20 heavy (non-hydrogen) atoms. The third-order valence-electron chi connectivity index (χ3n) is 5.81. The zero-order valence-corrected chi connectivity index (χ0v) is 12.3. The molecule has 1 heterocycles. The van der Waals surface area contributed by atoms with E-state index >= 15 is 0 Å². The first-order valence-electron chi connectivity index (χ1n) is 8.08. The highest BCUT2D eigenvalue weighted by atomic mass is 16.3. The number of amides is 2. The second kappa shape index (κ2) is 5.14. The Morgan fingerprint density at radius 1 is 1.05 bits per heavy atom. The van der Waals surface area contributed by atoms with E-state index in [9.17, 15) is 14.7 Å². The van der Waals surface area contributed by atoms with Crippen molar-refractivity contribution in [3.63, 3.8) is 0 Å². The summed E-state index contributed by atoms with van der Waals surface area (Å²) in [5.41, 5.74) is -0.599. The molecular formula is C16H25NO3. The van der Waals surface area contributed by atoms with Crippen LogP contribution in [0.4, 0.5) is 0 Å². The second-order valence-corrected chi connectivity index (χ2v) is 7.07. The molecule has 4 heteroatoms. The van der Waals surface area contributed by atoms with Crippen LogP contribution in [0.3, 0.4) is 0 Å². The van der Waals surface area contributed by atoms with Gasteiger partial charge >= 0.3 is 0 Å². The zero-order valence-electron chi connectivity index (χ0n) is 12.3. The lowest BCUT2D eigenvalue weighted by Crippen LogP contribution is -2.56. The van der Waals surface area contributed by atoms with Crippen LogP contribution in [0, 0.1) is 17.8 Å². The molecule has 2 atom stereocenters. The van der Waals surface area contributed by atoms with Crippen LogP contribution in [0.15, 0.2) is 0 Å². The minimum Gasteiger partial charge on any atom is -0.394 e. The summed E-state index contributed by atoms with van der Waals surface area (Å²) in [6, 6.07) is 0. The Morgan fingerprint density at radius 3 is 2.00 bits per heavy atom. The quantitative estimate of drug-likeness (QED) is 0.788. The number of imide groups is 1. The van der Waals surface area contributed by atoms with Crippen molar-refractivity contribution in [2.24, 2.45) is 17.8 Å². The average Bonchev–Trinajstić information content (AvgIpc) is 2.74. The van der Waals surface area contributed by atoms with Crippen molar-refractivity contribution >= 4 is 11.8 Å². The minimum atomic E-state index is -0.599. The molecule has 4 nitrogen and oxygen atoms in total. The highest BCUT2D eigenvalue weighted by molar-refractivity contribution is 6.06. The lowest BCUT2D eigenvalue weighted by Gasteiger charge is -2.43. The molecule has 3 fully saturated rings. The number of carbonyl (C=O) groups is 2. The van der Waals surface area contributed by atoms with Crippen LogP contribution < -0.4 is 0 Å². The fourth-order valence-corrected chi connectivity index (χ4v) is 4.38. The maximum Gasteiger partial charge on any atom is 0.233 e. The first kappa shape index (κ1) is 14.1. The van der Waals surface area contributed by atoms with Crippen molar-refractivity contribution in [1.29, 1.82) is 0 Å². The van der Waals surface area contributed by atoms with E-state index in [4.69, 9.17) is 0 Å². The van der Waals surface area contributed by atoms with E-state index in [0.717, 1.165) is 51.4 Å². The summed E-state index contributed by atoms with van der Waals surface area (Å²) in [6.07, 6.45) is 7.32. The van der Waals surface area contributed by atoms with Crippen LogP contribution in [0.2, 0.25) is 0 Å². The molecule has 0 bridgehead atoms. The van der Waals surface area contributed by atoms with Crippen LogP contribution >= 0.6 is 0 Å². The number of rotatable bonds is 2. The molecule has 3 aliphatic rings. The highest BCUT2D eigenvalue weighted by Crippen LogP contribution is 2.45. The standard InChI is InChI=1S/C16H25NO3/c1-11-6-8-16(10-18,9-7-11)17-14(19)12-4-2-3-5-13(12)15(17)20/h11-13,18H,2-10H2,1H3. The van der Waals surface area contributed by atoms with Gasteiger partial charge in [0.05, 0.1) is 24.0 Å². The number of hydrogen-bond acceptors (Lipinski definition) is 3. The van der Waals surface area contributed by atoms with E-state index in [1.165, 1.54) is 4.90 Å². The SMILES string of the molecule is CC1CCC(CO)(N2C(=O)C3CCCCC3C2=O)CC1. The molecule has 2 saturated carbocycles. The van der Waals surface area contributed by atoms with Gasteiger partial charge in [0.15, 0.2) is 0 Å². The van der Waals surface area contributed by atoms with Gasteiger partial charge in [0.1, 0.15) is 0 Å². The Morgan fingerprint density at radius 2 is 1.55 bits per heavy atom. The Kier molecular flexibility index (Phi) is 3.61. The Labute approximate surface area is 120 Å². The fraction of sp³-hybridized carbons (Fsp3) is 0.875. The van der Waals surface area contributed by atoms with Gasteiger partial charge in [0.25, 0.3) is 0 Å². The molecule has 0 aromatic rings. The van der Waals surface area contributed by atoms with Gasteiger partial charge in [-0.15, -0.1) is 0 Å². The van der Waals surface area contributed by atoms with Crippen molar-refractivity contribution in [3.05, 3.63) is 0 Å². The fourth-order valence-electron chi connectivity index (χ4n) is 4.38. The molecule has 1 N–H and O–H groups in total. The summed E-state index contributed by atoms with van der Waals surface area (Å²) in [5.74, 6) is 0.439. The van der Waals surface area contributed by atoms with E-state index in [2.05, 4.69) is 6.92 Å². The van der Waals surface area contributed by atoms with E-state index in [1.54, 1.807) is 0 Å². The molecule has 1 saturated heterocycles. The summed E-state index contributed by atoms with van der Waals surface area (Å²) in [6.45, 7) is 2.13. The van der Waals surface area contributed by atoms with Gasteiger partial charge in [0, 0.05) is 0 Å². The summed E-state index contributed by atoms with van der Waals surface area (Å²) in [7, 11) is 0. The van der Waals surface area contributed by atoms with Crippen molar-refractivity contribution in [3.8, 4) is 0 Å². The maximum absolute atomic E-state index is 12.7. The highest BCUT2D eigenvalue weighted by Gasteiger charge is 2.55. The van der Waals surface area contributed by atoms with Crippen LogP contribution in [0.5, 0.6) is 0 Å². The topological polar surface area (TPSA) is 57.6 Å². The number of hydrogen-bond donors (Lipinski definition) is 1. The Balaban J connectivity index is 1.88. The van der Waals surface area contributed by atoms with E-state index in [1.807, 2.05) is 0 Å². The summed E-state index contributed by atoms with van der Waals surface area (Å²) >= 11 is 0. The predicted octanol–water partition coefficient (Wildman–Crippen LogP) is 2.10. The van der Waals surface area contributed by atoms with Gasteiger partial charge < -0.3 is 5.11 Å². The van der Waals surface area contributed by atoms with Crippen LogP contribution in [0.25, 0.3) is 0 Å². The van der Waals surface area contributed by atoms with Crippen molar-refractivity contribution in [2.75, 3.05) is 6.61 Å². The molecule has 2 aliphatic carbocycles. The second-order valence-electron chi connectivity index (χ2n) is 7.07. The minimum absolute atomic E-state index is 0.00306. The summed E-state index contributed by atoms with van der Waals surface area (Å²) in [4.78, 5) is 26.9. The van der Waals surface area contributed by atoms with Gasteiger partial charge in [-0.05, 0) is 44.4 Å². The third kappa shape index (κ3) is 2.00. The van der Waals surface area contributed by atoms with E-state index in [0.29, 0.717) is 5.92 Å². The Bertz CT molecular complexity index is 388. The molecule has 1 aliphatic heterocycles. The lowest BCUT2D eigenvalue weighted by molar-refractivity contribution is -0.152. The van der Waals surface area contributed by atoms with Gasteiger partial charge in [-0.3, -0.25) is 14.5 Å². The summed E-state index contributed by atoms with van der Waals surface area (Å²) in [5, 5.41) is 9.91. The van der Waals surface area contributed by atoms with Crippen LogP contribution in [0.1, 0.15) is 58.3 Å². The molecule has 3 rings (SSSR count). The maximum atomic E-state index is 12.7. The normalized spacial score (nSPS) is 41.9. The zero-order chi connectivity index (χ0) is 14.3. The summed E-state index contributed by atoms with van der Waals surface area (Å²) < 4.78 is 0.